The molecule has 1 aromatic rings. The third kappa shape index (κ3) is 4.30. The maximum atomic E-state index is 12.5. The number of nitrogens with one attached hydrogen (secondary N) is 2. The smallest absolute Gasteiger partial charge is 0.387 e. The van der Waals surface area contributed by atoms with Crippen molar-refractivity contribution in [1.82, 2.24) is 10.6 Å². The van der Waals surface area contributed by atoms with Crippen LogP contribution in [0.5, 0.6) is 11.5 Å². The minimum absolute atomic E-state index is 0.0456. The van der Waals surface area contributed by atoms with Gasteiger partial charge in [-0.25, -0.2) is 0 Å². The summed E-state index contributed by atoms with van der Waals surface area (Å²) in [4.78, 5) is 12.2. The number of para-hydroxylation sites is 1. The van der Waals surface area contributed by atoms with Crippen molar-refractivity contribution >= 4 is 5.91 Å². The first-order valence-corrected chi connectivity index (χ1v) is 7.22. The number of carbonyl (C=O) groups is 1. The molecule has 0 bridgehead atoms. The lowest BCUT2D eigenvalue weighted by atomic mass is 10.1. The van der Waals surface area contributed by atoms with Gasteiger partial charge in [0.15, 0.2) is 11.5 Å². The van der Waals surface area contributed by atoms with Gasteiger partial charge in [0.25, 0.3) is 5.91 Å². The predicted molar refractivity (Wildman–Crippen MR) is 77.6 cm³/mol. The summed E-state index contributed by atoms with van der Waals surface area (Å²) in [7, 11) is 1.34. The molecule has 122 valence electrons. The van der Waals surface area contributed by atoms with Gasteiger partial charge in [-0.15, -0.1) is 0 Å². The molecule has 7 heteroatoms. The number of hydrogen-bond donors (Lipinski definition) is 2. The van der Waals surface area contributed by atoms with E-state index in [1.807, 2.05) is 0 Å². The average molecular weight is 314 g/mol. The number of amides is 1. The molecular weight excluding hydrogens is 294 g/mol. The SMILES string of the molecule is COc1cccc(C(=O)NCCC2CCNC2)c1OC(F)F. The van der Waals surface area contributed by atoms with E-state index in [1.165, 1.54) is 19.2 Å². The van der Waals surface area contributed by atoms with E-state index in [2.05, 4.69) is 15.4 Å². The van der Waals surface area contributed by atoms with Crippen molar-refractivity contribution in [2.24, 2.45) is 5.92 Å². The Hall–Kier alpha value is -1.89. The highest BCUT2D eigenvalue weighted by Crippen LogP contribution is 2.32. The molecule has 1 saturated heterocycles. The van der Waals surface area contributed by atoms with Gasteiger partial charge in [0.1, 0.15) is 0 Å². The first kappa shape index (κ1) is 16.5. The number of halogens is 2. The molecule has 1 aliphatic rings. The fraction of sp³-hybridized carbons (Fsp3) is 0.533. The van der Waals surface area contributed by atoms with Crippen LogP contribution < -0.4 is 20.1 Å². The van der Waals surface area contributed by atoms with Gasteiger partial charge < -0.3 is 20.1 Å². The van der Waals surface area contributed by atoms with Crippen LogP contribution in [-0.2, 0) is 0 Å². The molecule has 1 amide bonds. The molecule has 2 rings (SSSR count). The average Bonchev–Trinajstić information content (AvgIpc) is 3.00. The lowest BCUT2D eigenvalue weighted by Gasteiger charge is -2.15. The first-order valence-electron chi connectivity index (χ1n) is 7.22. The Kier molecular flexibility index (Phi) is 5.94. The lowest BCUT2D eigenvalue weighted by molar-refractivity contribution is -0.0515. The second-order valence-corrected chi connectivity index (χ2v) is 5.12. The van der Waals surface area contributed by atoms with Crippen LogP contribution in [0.15, 0.2) is 18.2 Å². The second-order valence-electron chi connectivity index (χ2n) is 5.12. The highest BCUT2D eigenvalue weighted by molar-refractivity contribution is 5.97. The summed E-state index contributed by atoms with van der Waals surface area (Å²) in [6.07, 6.45) is 1.95. The molecule has 2 N–H and O–H groups in total. The van der Waals surface area contributed by atoms with Gasteiger partial charge in [0, 0.05) is 6.54 Å². The molecule has 1 aromatic carbocycles. The van der Waals surface area contributed by atoms with Gasteiger partial charge in [-0.1, -0.05) is 6.07 Å². The minimum Gasteiger partial charge on any atom is -0.493 e. The molecular formula is C15H20F2N2O3. The predicted octanol–water partition coefficient (Wildman–Crippen LogP) is 2.03. The minimum atomic E-state index is -3.02. The molecule has 0 radical (unpaired) electrons. The highest BCUT2D eigenvalue weighted by Gasteiger charge is 2.20. The van der Waals surface area contributed by atoms with Crippen molar-refractivity contribution < 1.29 is 23.0 Å². The molecule has 5 nitrogen and oxygen atoms in total. The van der Waals surface area contributed by atoms with Gasteiger partial charge in [-0.3, -0.25) is 4.79 Å². The van der Waals surface area contributed by atoms with Crippen LogP contribution in [0.2, 0.25) is 0 Å². The summed E-state index contributed by atoms with van der Waals surface area (Å²) in [6, 6.07) is 4.47. The molecule has 0 spiro atoms. The molecule has 0 aromatic heterocycles. The molecule has 22 heavy (non-hydrogen) atoms. The van der Waals surface area contributed by atoms with E-state index in [0.29, 0.717) is 12.5 Å². The molecule has 0 aliphatic carbocycles. The first-order chi connectivity index (χ1) is 10.6. The molecule has 1 atom stereocenters. The molecule has 1 unspecified atom stereocenters. The van der Waals surface area contributed by atoms with Crippen molar-refractivity contribution in [3.8, 4) is 11.5 Å². The fourth-order valence-corrected chi connectivity index (χ4v) is 2.51. The summed E-state index contributed by atoms with van der Waals surface area (Å²) in [5, 5.41) is 6.00. The van der Waals surface area contributed by atoms with Gasteiger partial charge in [0.05, 0.1) is 12.7 Å². The van der Waals surface area contributed by atoms with Crippen LogP contribution >= 0.6 is 0 Å². The number of benzene rings is 1. The van der Waals surface area contributed by atoms with E-state index in [1.54, 1.807) is 6.07 Å². The summed E-state index contributed by atoms with van der Waals surface area (Å²) in [5.74, 6) is -0.0316. The number of alkyl halides is 2. The maximum absolute atomic E-state index is 12.5. The van der Waals surface area contributed by atoms with Crippen molar-refractivity contribution in [1.29, 1.82) is 0 Å². The normalized spacial score (nSPS) is 17.5. The van der Waals surface area contributed by atoms with Gasteiger partial charge >= 0.3 is 6.61 Å². The summed E-state index contributed by atoms with van der Waals surface area (Å²) < 4.78 is 34.5. The van der Waals surface area contributed by atoms with Crippen molar-refractivity contribution in [2.45, 2.75) is 19.5 Å². The van der Waals surface area contributed by atoms with Gasteiger partial charge in [0.2, 0.25) is 0 Å². The summed E-state index contributed by atoms with van der Waals surface area (Å²) in [6.45, 7) is -0.570. The standard InChI is InChI=1S/C15H20F2N2O3/c1-21-12-4-2-3-11(13(12)22-15(16)17)14(20)19-8-6-10-5-7-18-9-10/h2-4,10,15,18H,5-9H2,1H3,(H,19,20). The highest BCUT2D eigenvalue weighted by atomic mass is 19.3. The van der Waals surface area contributed by atoms with Crippen LogP contribution in [-0.4, -0.2) is 39.3 Å². The number of hydrogen-bond acceptors (Lipinski definition) is 4. The molecule has 1 heterocycles. The van der Waals surface area contributed by atoms with Crippen LogP contribution in [0.3, 0.4) is 0 Å². The fourth-order valence-electron chi connectivity index (χ4n) is 2.51. The Morgan fingerprint density at radius 3 is 2.95 bits per heavy atom. The summed E-state index contributed by atoms with van der Waals surface area (Å²) in [5.41, 5.74) is 0.0456. The Balaban J connectivity index is 2.00. The van der Waals surface area contributed by atoms with Crippen LogP contribution in [0.25, 0.3) is 0 Å². The second kappa shape index (κ2) is 7.93. The third-order valence-electron chi connectivity index (χ3n) is 3.65. The Labute approximate surface area is 128 Å². The maximum Gasteiger partial charge on any atom is 0.387 e. The number of methoxy groups -OCH3 is 1. The quantitative estimate of drug-likeness (QED) is 0.808. The lowest BCUT2D eigenvalue weighted by Crippen LogP contribution is -2.27. The monoisotopic (exact) mass is 314 g/mol. The van der Waals surface area contributed by atoms with Crippen molar-refractivity contribution in [2.75, 3.05) is 26.7 Å². The zero-order chi connectivity index (χ0) is 15.9. The van der Waals surface area contributed by atoms with Crippen molar-refractivity contribution in [3.05, 3.63) is 23.8 Å². The van der Waals surface area contributed by atoms with E-state index in [0.717, 1.165) is 25.9 Å². The zero-order valence-corrected chi connectivity index (χ0v) is 12.4. The van der Waals surface area contributed by atoms with E-state index in [9.17, 15) is 13.6 Å². The zero-order valence-electron chi connectivity index (χ0n) is 12.4. The molecule has 1 aliphatic heterocycles. The molecule has 1 fully saturated rings. The Morgan fingerprint density at radius 1 is 1.50 bits per heavy atom. The van der Waals surface area contributed by atoms with Gasteiger partial charge in [-0.2, -0.15) is 8.78 Å². The molecule has 0 saturated carbocycles. The summed E-state index contributed by atoms with van der Waals surface area (Å²) >= 11 is 0. The third-order valence-corrected chi connectivity index (χ3v) is 3.65. The Bertz CT molecular complexity index is 506. The van der Waals surface area contributed by atoms with E-state index in [-0.39, 0.29) is 17.1 Å². The van der Waals surface area contributed by atoms with Crippen LogP contribution in [0, 0.1) is 5.92 Å². The topological polar surface area (TPSA) is 59.6 Å². The van der Waals surface area contributed by atoms with E-state index >= 15 is 0 Å². The number of carbonyl (C=O) groups excluding carboxylic acids is 1. The van der Waals surface area contributed by atoms with E-state index < -0.39 is 12.5 Å². The van der Waals surface area contributed by atoms with Crippen LogP contribution in [0.1, 0.15) is 23.2 Å². The number of rotatable bonds is 7. The largest absolute Gasteiger partial charge is 0.493 e. The van der Waals surface area contributed by atoms with E-state index in [4.69, 9.17) is 4.74 Å². The van der Waals surface area contributed by atoms with Crippen molar-refractivity contribution in [3.63, 3.8) is 0 Å². The Morgan fingerprint density at radius 2 is 2.32 bits per heavy atom. The van der Waals surface area contributed by atoms with Crippen LogP contribution in [0.4, 0.5) is 8.78 Å². The number of ether oxygens (including phenoxy) is 2. The van der Waals surface area contributed by atoms with Gasteiger partial charge in [-0.05, 0) is 44.0 Å².